The standard InChI is InChI=1S/C22H25N3O3/c1-27-19-11-10-15(13-20(19)28-2)21-17-8-3-4-9-18(17)22(26)25(24-21)14-16-7-5-6-12-23-16/h5-7,10-13,17-18H,3-4,8-9,14H2,1-2H3. The Labute approximate surface area is 165 Å². The first kappa shape index (κ1) is 18.5. The molecule has 2 heterocycles. The van der Waals surface area contributed by atoms with Crippen molar-refractivity contribution in [1.82, 2.24) is 9.99 Å². The minimum atomic E-state index is -0.0157. The summed E-state index contributed by atoms with van der Waals surface area (Å²) in [6.07, 6.45) is 5.85. The number of hydrogen-bond acceptors (Lipinski definition) is 5. The Balaban J connectivity index is 1.73. The lowest BCUT2D eigenvalue weighted by molar-refractivity contribution is -0.139. The highest BCUT2D eigenvalue weighted by atomic mass is 16.5. The summed E-state index contributed by atoms with van der Waals surface area (Å²) in [5, 5.41) is 6.41. The van der Waals surface area contributed by atoms with E-state index in [-0.39, 0.29) is 17.7 Å². The maximum atomic E-state index is 13.1. The largest absolute Gasteiger partial charge is 0.493 e. The van der Waals surface area contributed by atoms with Crippen molar-refractivity contribution in [2.75, 3.05) is 14.2 Å². The molecule has 146 valence electrons. The molecule has 0 N–H and O–H groups in total. The van der Waals surface area contributed by atoms with Crippen LogP contribution in [-0.2, 0) is 11.3 Å². The predicted octanol–water partition coefficient (Wildman–Crippen LogP) is 3.65. The third-order valence-corrected chi connectivity index (χ3v) is 5.63. The first-order valence-electron chi connectivity index (χ1n) is 9.73. The first-order chi connectivity index (χ1) is 13.7. The van der Waals surface area contributed by atoms with Crippen LogP contribution in [0.1, 0.15) is 36.9 Å². The number of rotatable bonds is 5. The summed E-state index contributed by atoms with van der Waals surface area (Å²) >= 11 is 0. The van der Waals surface area contributed by atoms with Crippen LogP contribution in [0.15, 0.2) is 47.7 Å². The maximum Gasteiger partial charge on any atom is 0.246 e. The van der Waals surface area contributed by atoms with E-state index in [9.17, 15) is 4.79 Å². The van der Waals surface area contributed by atoms with Gasteiger partial charge in [0, 0.05) is 23.6 Å². The van der Waals surface area contributed by atoms with Gasteiger partial charge in [0.2, 0.25) is 5.91 Å². The molecule has 6 nitrogen and oxygen atoms in total. The number of carbonyl (C=O) groups excluding carboxylic acids is 1. The summed E-state index contributed by atoms with van der Waals surface area (Å²) in [5.74, 6) is 1.60. The van der Waals surface area contributed by atoms with Crippen molar-refractivity contribution in [2.45, 2.75) is 32.2 Å². The van der Waals surface area contributed by atoms with Gasteiger partial charge in [0.25, 0.3) is 0 Å². The molecule has 1 aliphatic heterocycles. The van der Waals surface area contributed by atoms with Gasteiger partial charge >= 0.3 is 0 Å². The van der Waals surface area contributed by atoms with Crippen molar-refractivity contribution in [2.24, 2.45) is 16.9 Å². The van der Waals surface area contributed by atoms with Crippen molar-refractivity contribution in [3.8, 4) is 11.5 Å². The highest BCUT2D eigenvalue weighted by Gasteiger charge is 2.41. The summed E-state index contributed by atoms with van der Waals surface area (Å²) in [6, 6.07) is 11.6. The van der Waals surface area contributed by atoms with Crippen LogP contribution in [0.4, 0.5) is 0 Å². The number of benzene rings is 1. The zero-order chi connectivity index (χ0) is 19.5. The molecule has 1 fully saturated rings. The molecule has 0 saturated heterocycles. The summed E-state index contributed by atoms with van der Waals surface area (Å²) < 4.78 is 10.8. The summed E-state index contributed by atoms with van der Waals surface area (Å²) in [4.78, 5) is 17.5. The van der Waals surface area contributed by atoms with E-state index < -0.39 is 0 Å². The average molecular weight is 379 g/mol. The molecule has 28 heavy (non-hydrogen) atoms. The number of nitrogens with zero attached hydrogens (tertiary/aromatic N) is 3. The molecule has 0 bridgehead atoms. The SMILES string of the molecule is COc1ccc(C2=NN(Cc3ccccn3)C(=O)C3CCCCC23)cc1OC. The molecule has 1 aliphatic carbocycles. The minimum absolute atomic E-state index is 0.0157. The highest BCUT2D eigenvalue weighted by molar-refractivity contribution is 6.07. The molecule has 2 unspecified atom stereocenters. The van der Waals surface area contributed by atoms with Crippen LogP contribution >= 0.6 is 0 Å². The lowest BCUT2D eigenvalue weighted by Crippen LogP contribution is -2.45. The van der Waals surface area contributed by atoms with Crippen molar-refractivity contribution in [1.29, 1.82) is 0 Å². The highest BCUT2D eigenvalue weighted by Crippen LogP contribution is 2.39. The fraction of sp³-hybridized carbons (Fsp3) is 0.409. The van der Waals surface area contributed by atoms with Gasteiger partial charge in [-0.15, -0.1) is 0 Å². The number of methoxy groups -OCH3 is 2. The second kappa shape index (κ2) is 8.00. The molecule has 2 aliphatic rings. The molecule has 4 rings (SSSR count). The second-order valence-corrected chi connectivity index (χ2v) is 7.27. The normalized spacial score (nSPS) is 21.7. The van der Waals surface area contributed by atoms with Crippen LogP contribution in [0, 0.1) is 11.8 Å². The van der Waals surface area contributed by atoms with Gasteiger partial charge in [-0.3, -0.25) is 9.78 Å². The first-order valence-corrected chi connectivity index (χ1v) is 9.73. The second-order valence-electron chi connectivity index (χ2n) is 7.27. The average Bonchev–Trinajstić information content (AvgIpc) is 2.76. The third-order valence-electron chi connectivity index (χ3n) is 5.63. The Morgan fingerprint density at radius 3 is 2.54 bits per heavy atom. The maximum absolute atomic E-state index is 13.1. The van der Waals surface area contributed by atoms with Crippen LogP contribution in [-0.4, -0.2) is 35.8 Å². The van der Waals surface area contributed by atoms with Gasteiger partial charge in [-0.05, 0) is 43.2 Å². The van der Waals surface area contributed by atoms with E-state index in [0.717, 1.165) is 42.7 Å². The number of pyridine rings is 1. The van der Waals surface area contributed by atoms with Crippen LogP contribution in [0.2, 0.25) is 0 Å². The summed E-state index contributed by atoms with van der Waals surface area (Å²) in [7, 11) is 3.25. The number of fused-ring (bicyclic) bond motifs is 1. The zero-order valence-corrected chi connectivity index (χ0v) is 16.3. The predicted molar refractivity (Wildman–Crippen MR) is 106 cm³/mol. The molecular formula is C22H25N3O3. The Kier molecular flexibility index (Phi) is 5.28. The van der Waals surface area contributed by atoms with Crippen LogP contribution in [0.5, 0.6) is 11.5 Å². The molecule has 6 heteroatoms. The van der Waals surface area contributed by atoms with E-state index in [1.807, 2.05) is 36.4 Å². The van der Waals surface area contributed by atoms with E-state index in [2.05, 4.69) is 4.98 Å². The lowest BCUT2D eigenvalue weighted by atomic mass is 9.73. The van der Waals surface area contributed by atoms with Crippen molar-refractivity contribution >= 4 is 11.6 Å². The number of carbonyl (C=O) groups is 1. The quantitative estimate of drug-likeness (QED) is 0.795. The van der Waals surface area contributed by atoms with Gasteiger partial charge < -0.3 is 9.47 Å². The molecule has 1 saturated carbocycles. The van der Waals surface area contributed by atoms with Crippen LogP contribution < -0.4 is 9.47 Å². The molecular weight excluding hydrogens is 354 g/mol. The summed E-state index contributed by atoms with van der Waals surface area (Å²) in [6.45, 7) is 0.389. The number of ether oxygens (including phenoxy) is 2. The Bertz CT molecular complexity index is 882. The number of hydrazone groups is 1. The molecule has 2 aromatic rings. The molecule has 1 amide bonds. The number of hydrogen-bond donors (Lipinski definition) is 0. The fourth-order valence-corrected chi connectivity index (χ4v) is 4.22. The van der Waals surface area contributed by atoms with Crippen LogP contribution in [0.25, 0.3) is 0 Å². The molecule has 1 aromatic heterocycles. The molecule has 0 spiro atoms. The third kappa shape index (κ3) is 3.46. The van der Waals surface area contributed by atoms with E-state index in [1.54, 1.807) is 25.4 Å². The van der Waals surface area contributed by atoms with Gasteiger partial charge in [-0.25, -0.2) is 5.01 Å². The van der Waals surface area contributed by atoms with Gasteiger partial charge in [0.15, 0.2) is 11.5 Å². The van der Waals surface area contributed by atoms with Crippen molar-refractivity contribution < 1.29 is 14.3 Å². The lowest BCUT2D eigenvalue weighted by Gasteiger charge is -2.38. The topological polar surface area (TPSA) is 64.0 Å². The fourth-order valence-electron chi connectivity index (χ4n) is 4.22. The van der Waals surface area contributed by atoms with E-state index in [4.69, 9.17) is 14.6 Å². The Morgan fingerprint density at radius 1 is 1.04 bits per heavy atom. The number of amides is 1. The summed E-state index contributed by atoms with van der Waals surface area (Å²) in [5.41, 5.74) is 2.77. The molecule has 1 aromatic carbocycles. The smallest absolute Gasteiger partial charge is 0.246 e. The monoisotopic (exact) mass is 379 g/mol. The number of aromatic nitrogens is 1. The van der Waals surface area contributed by atoms with Gasteiger partial charge in [0.05, 0.1) is 32.2 Å². The van der Waals surface area contributed by atoms with E-state index in [1.165, 1.54) is 0 Å². The van der Waals surface area contributed by atoms with Gasteiger partial charge in [-0.1, -0.05) is 18.9 Å². The zero-order valence-electron chi connectivity index (χ0n) is 16.3. The molecule has 0 radical (unpaired) electrons. The van der Waals surface area contributed by atoms with Crippen molar-refractivity contribution in [3.05, 3.63) is 53.9 Å². The van der Waals surface area contributed by atoms with Gasteiger partial charge in [0.1, 0.15) is 0 Å². The molecule has 2 atom stereocenters. The Morgan fingerprint density at radius 2 is 1.82 bits per heavy atom. The van der Waals surface area contributed by atoms with Gasteiger partial charge in [-0.2, -0.15) is 5.10 Å². The van der Waals surface area contributed by atoms with E-state index in [0.29, 0.717) is 18.0 Å². The van der Waals surface area contributed by atoms with E-state index >= 15 is 0 Å². The van der Waals surface area contributed by atoms with Crippen LogP contribution in [0.3, 0.4) is 0 Å². The van der Waals surface area contributed by atoms with Crippen molar-refractivity contribution in [3.63, 3.8) is 0 Å². The Hall–Kier alpha value is -2.89. The minimum Gasteiger partial charge on any atom is -0.493 e.